The Bertz CT molecular complexity index is 748. The van der Waals surface area contributed by atoms with Crippen LogP contribution in [-0.2, 0) is 12.8 Å². The van der Waals surface area contributed by atoms with Crippen molar-refractivity contribution in [2.75, 3.05) is 24.5 Å². The van der Waals surface area contributed by atoms with Crippen molar-refractivity contribution in [1.82, 2.24) is 4.90 Å². The molecular formula is C23H30N2. The molecule has 2 atom stereocenters. The molecule has 132 valence electrons. The van der Waals surface area contributed by atoms with Crippen LogP contribution in [0, 0.1) is 0 Å². The molecule has 2 aromatic rings. The number of fused-ring (bicyclic) bond motifs is 2. The minimum Gasteiger partial charge on any atom is -0.337 e. The average molecular weight is 335 g/mol. The van der Waals surface area contributed by atoms with Crippen molar-refractivity contribution in [3.05, 3.63) is 59.2 Å². The number of rotatable bonds is 5. The third kappa shape index (κ3) is 2.77. The summed E-state index contributed by atoms with van der Waals surface area (Å²) in [5.41, 5.74) is 7.56. The van der Waals surface area contributed by atoms with E-state index in [1.807, 2.05) is 0 Å². The summed E-state index contributed by atoms with van der Waals surface area (Å²) < 4.78 is 0. The molecule has 0 spiro atoms. The van der Waals surface area contributed by atoms with Gasteiger partial charge in [-0.25, -0.2) is 0 Å². The lowest BCUT2D eigenvalue weighted by molar-refractivity contribution is 0.286. The van der Waals surface area contributed by atoms with Crippen LogP contribution in [0.5, 0.6) is 0 Å². The van der Waals surface area contributed by atoms with E-state index in [0.29, 0.717) is 12.0 Å². The summed E-state index contributed by atoms with van der Waals surface area (Å²) in [6.45, 7) is 10.5. The molecule has 2 heterocycles. The molecule has 2 heteroatoms. The molecule has 0 aromatic heterocycles. The molecule has 25 heavy (non-hydrogen) atoms. The van der Waals surface area contributed by atoms with Crippen molar-refractivity contribution < 1.29 is 0 Å². The van der Waals surface area contributed by atoms with Gasteiger partial charge in [-0.1, -0.05) is 57.2 Å². The third-order valence-corrected chi connectivity index (χ3v) is 6.34. The predicted octanol–water partition coefficient (Wildman–Crippen LogP) is 5.14. The van der Waals surface area contributed by atoms with Crippen LogP contribution in [0.2, 0.25) is 0 Å². The van der Waals surface area contributed by atoms with E-state index in [9.17, 15) is 0 Å². The van der Waals surface area contributed by atoms with Gasteiger partial charge in [-0.3, -0.25) is 0 Å². The van der Waals surface area contributed by atoms with E-state index in [1.54, 1.807) is 5.56 Å². The van der Waals surface area contributed by atoms with Gasteiger partial charge in [0.05, 0.1) is 0 Å². The first-order chi connectivity index (χ1) is 12.2. The Kier molecular flexibility index (Phi) is 4.56. The van der Waals surface area contributed by atoms with Crippen LogP contribution in [0.15, 0.2) is 42.5 Å². The van der Waals surface area contributed by atoms with Gasteiger partial charge in [0.25, 0.3) is 0 Å². The van der Waals surface area contributed by atoms with Gasteiger partial charge < -0.3 is 9.80 Å². The second kappa shape index (κ2) is 6.84. The van der Waals surface area contributed by atoms with E-state index in [-0.39, 0.29) is 0 Å². The zero-order chi connectivity index (χ0) is 17.4. The Morgan fingerprint density at radius 3 is 2.48 bits per heavy atom. The number of benzene rings is 2. The summed E-state index contributed by atoms with van der Waals surface area (Å²) in [5.74, 6) is 0.594. The van der Waals surface area contributed by atoms with E-state index < -0.39 is 0 Å². The van der Waals surface area contributed by atoms with Gasteiger partial charge in [0, 0.05) is 29.9 Å². The van der Waals surface area contributed by atoms with Gasteiger partial charge in [-0.05, 0) is 55.1 Å². The fourth-order valence-electron chi connectivity index (χ4n) is 4.83. The van der Waals surface area contributed by atoms with Crippen LogP contribution < -0.4 is 4.90 Å². The number of anilines is 2. The van der Waals surface area contributed by atoms with Gasteiger partial charge >= 0.3 is 0 Å². The Balaban J connectivity index is 1.76. The van der Waals surface area contributed by atoms with Crippen LogP contribution >= 0.6 is 0 Å². The fraction of sp³-hybridized carbons (Fsp3) is 0.478. The maximum atomic E-state index is 2.70. The second-order valence-electron chi connectivity index (χ2n) is 7.53. The lowest BCUT2D eigenvalue weighted by Crippen LogP contribution is -2.35. The van der Waals surface area contributed by atoms with Gasteiger partial charge in [-0.2, -0.15) is 0 Å². The summed E-state index contributed by atoms with van der Waals surface area (Å²) >= 11 is 0. The van der Waals surface area contributed by atoms with Crippen molar-refractivity contribution >= 4 is 11.4 Å². The SMILES string of the molecule is CCN(CC)CCC1C(C)c2cccc3c2N1c1ccccc1CC3. The highest BCUT2D eigenvalue weighted by Gasteiger charge is 2.39. The summed E-state index contributed by atoms with van der Waals surface area (Å²) in [5, 5.41) is 0. The first kappa shape index (κ1) is 16.7. The van der Waals surface area contributed by atoms with E-state index in [1.165, 1.54) is 35.5 Å². The van der Waals surface area contributed by atoms with Crippen LogP contribution in [0.4, 0.5) is 11.4 Å². The second-order valence-corrected chi connectivity index (χ2v) is 7.53. The predicted molar refractivity (Wildman–Crippen MR) is 107 cm³/mol. The standard InChI is InChI=1S/C23H30N2/c1-4-24(5-2)16-15-21-17(3)20-11-8-10-19-14-13-18-9-6-7-12-22(18)25(21)23(19)20/h6-12,17,21H,4-5,13-16H2,1-3H3. The summed E-state index contributed by atoms with van der Waals surface area (Å²) in [7, 11) is 0. The smallest absolute Gasteiger partial charge is 0.0482 e. The number of hydrogen-bond donors (Lipinski definition) is 0. The molecule has 2 aromatic carbocycles. The molecule has 0 saturated heterocycles. The molecule has 0 fully saturated rings. The van der Waals surface area contributed by atoms with Crippen molar-refractivity contribution in [3.63, 3.8) is 0 Å². The zero-order valence-corrected chi connectivity index (χ0v) is 15.8. The Morgan fingerprint density at radius 1 is 0.960 bits per heavy atom. The molecule has 0 amide bonds. The van der Waals surface area contributed by atoms with Crippen molar-refractivity contribution in [2.24, 2.45) is 0 Å². The molecular weight excluding hydrogens is 304 g/mol. The number of para-hydroxylation sites is 2. The molecule has 2 aliphatic heterocycles. The molecule has 4 rings (SSSR count). The number of aryl methyl sites for hydroxylation is 2. The Morgan fingerprint density at radius 2 is 1.68 bits per heavy atom. The summed E-state index contributed by atoms with van der Waals surface area (Å²) in [6, 6.07) is 16.6. The molecule has 2 nitrogen and oxygen atoms in total. The van der Waals surface area contributed by atoms with Gasteiger partial charge in [0.1, 0.15) is 0 Å². The van der Waals surface area contributed by atoms with Gasteiger partial charge in [-0.15, -0.1) is 0 Å². The summed E-state index contributed by atoms with van der Waals surface area (Å²) in [4.78, 5) is 5.25. The van der Waals surface area contributed by atoms with Crippen LogP contribution in [0.1, 0.15) is 49.8 Å². The highest BCUT2D eigenvalue weighted by Crippen LogP contribution is 2.50. The van der Waals surface area contributed by atoms with Crippen LogP contribution in [0.25, 0.3) is 0 Å². The Hall–Kier alpha value is -1.80. The van der Waals surface area contributed by atoms with Crippen molar-refractivity contribution in [2.45, 2.75) is 52.0 Å². The minimum atomic E-state index is 0.566. The lowest BCUT2D eigenvalue weighted by atomic mass is 9.92. The molecule has 2 aliphatic rings. The Labute approximate surface area is 152 Å². The highest BCUT2D eigenvalue weighted by atomic mass is 15.2. The van der Waals surface area contributed by atoms with E-state index in [4.69, 9.17) is 0 Å². The highest BCUT2D eigenvalue weighted by molar-refractivity contribution is 5.78. The quantitative estimate of drug-likeness (QED) is 0.747. The minimum absolute atomic E-state index is 0.566. The van der Waals surface area contributed by atoms with E-state index in [2.05, 4.69) is 73.0 Å². The molecule has 0 aliphatic carbocycles. The monoisotopic (exact) mass is 334 g/mol. The molecule has 0 bridgehead atoms. The average Bonchev–Trinajstić information content (AvgIpc) is 2.83. The summed E-state index contributed by atoms with van der Waals surface area (Å²) in [6.07, 6.45) is 3.54. The largest absolute Gasteiger partial charge is 0.337 e. The zero-order valence-electron chi connectivity index (χ0n) is 15.8. The first-order valence-electron chi connectivity index (χ1n) is 9.95. The number of hydrogen-bond acceptors (Lipinski definition) is 2. The van der Waals surface area contributed by atoms with Crippen LogP contribution in [0.3, 0.4) is 0 Å². The van der Waals surface area contributed by atoms with E-state index in [0.717, 1.165) is 25.9 Å². The van der Waals surface area contributed by atoms with E-state index >= 15 is 0 Å². The van der Waals surface area contributed by atoms with Gasteiger partial charge in [0.15, 0.2) is 0 Å². The van der Waals surface area contributed by atoms with Gasteiger partial charge in [0.2, 0.25) is 0 Å². The van der Waals surface area contributed by atoms with Crippen molar-refractivity contribution in [3.8, 4) is 0 Å². The topological polar surface area (TPSA) is 6.48 Å². The molecule has 0 saturated carbocycles. The molecule has 0 radical (unpaired) electrons. The first-order valence-corrected chi connectivity index (χ1v) is 9.95. The normalized spacial score (nSPS) is 21.2. The maximum Gasteiger partial charge on any atom is 0.0482 e. The molecule has 2 unspecified atom stereocenters. The van der Waals surface area contributed by atoms with Crippen LogP contribution in [-0.4, -0.2) is 30.6 Å². The molecule has 0 N–H and O–H groups in total. The van der Waals surface area contributed by atoms with Crippen molar-refractivity contribution in [1.29, 1.82) is 0 Å². The third-order valence-electron chi connectivity index (χ3n) is 6.34. The maximum absolute atomic E-state index is 2.70. The number of nitrogens with zero attached hydrogens (tertiary/aromatic N) is 2. The lowest BCUT2D eigenvalue weighted by Gasteiger charge is -2.32. The fourth-order valence-corrected chi connectivity index (χ4v) is 4.83.